The predicted molar refractivity (Wildman–Crippen MR) is 72.3 cm³/mol. The lowest BCUT2D eigenvalue weighted by Crippen LogP contribution is -2.35. The quantitative estimate of drug-likeness (QED) is 0.780. The van der Waals surface area contributed by atoms with Crippen molar-refractivity contribution in [3.8, 4) is 0 Å². The molecule has 1 rings (SSSR count). The maximum absolute atomic E-state index is 11.8. The van der Waals surface area contributed by atoms with E-state index < -0.39 is 6.10 Å². The lowest BCUT2D eigenvalue weighted by molar-refractivity contribution is -0.122. The van der Waals surface area contributed by atoms with Crippen LogP contribution in [0.25, 0.3) is 0 Å². The van der Waals surface area contributed by atoms with Crippen molar-refractivity contribution in [1.29, 1.82) is 0 Å². The Morgan fingerprint density at radius 2 is 2.05 bits per heavy atom. The Morgan fingerprint density at radius 1 is 1.37 bits per heavy atom. The first-order valence-electron chi connectivity index (χ1n) is 6.76. The van der Waals surface area contributed by atoms with Gasteiger partial charge in [0.1, 0.15) is 12.2 Å². The van der Waals surface area contributed by atoms with Crippen LogP contribution in [-0.2, 0) is 11.3 Å². The highest BCUT2D eigenvalue weighted by atomic mass is 16.3. The molecule has 2 atom stereocenters. The molecular formula is C13H24N4O2. The molecule has 108 valence electrons. The van der Waals surface area contributed by atoms with E-state index in [-0.39, 0.29) is 18.5 Å². The van der Waals surface area contributed by atoms with Gasteiger partial charge in [-0.05, 0) is 32.6 Å². The summed E-state index contributed by atoms with van der Waals surface area (Å²) in [5.41, 5.74) is 0.473. The van der Waals surface area contributed by atoms with Crippen LogP contribution in [0.3, 0.4) is 0 Å². The fourth-order valence-corrected chi connectivity index (χ4v) is 1.71. The molecule has 0 aliphatic rings. The number of rotatable bonds is 7. The standard InChI is InChI=1S/C13H24N4O2/c1-9(2)5-6-10(3)14-13(19)8-17-7-12(11(4)18)15-16-17/h7,9-11,18H,5-6,8H2,1-4H3,(H,14,19). The van der Waals surface area contributed by atoms with E-state index >= 15 is 0 Å². The lowest BCUT2D eigenvalue weighted by Gasteiger charge is -2.14. The minimum Gasteiger partial charge on any atom is -0.387 e. The summed E-state index contributed by atoms with van der Waals surface area (Å²) in [4.78, 5) is 11.8. The largest absolute Gasteiger partial charge is 0.387 e. The highest BCUT2D eigenvalue weighted by Crippen LogP contribution is 2.07. The summed E-state index contributed by atoms with van der Waals surface area (Å²) in [5, 5.41) is 19.8. The average Bonchev–Trinajstić information content (AvgIpc) is 2.74. The second kappa shape index (κ2) is 7.23. The highest BCUT2D eigenvalue weighted by Gasteiger charge is 2.11. The van der Waals surface area contributed by atoms with Crippen LogP contribution in [0.15, 0.2) is 6.20 Å². The van der Waals surface area contributed by atoms with Gasteiger partial charge in [0.25, 0.3) is 0 Å². The topological polar surface area (TPSA) is 80.0 Å². The van der Waals surface area contributed by atoms with E-state index in [1.807, 2.05) is 6.92 Å². The monoisotopic (exact) mass is 268 g/mol. The molecule has 6 nitrogen and oxygen atoms in total. The Kier molecular flexibility index (Phi) is 5.95. The van der Waals surface area contributed by atoms with Crippen molar-refractivity contribution in [2.45, 2.75) is 59.2 Å². The van der Waals surface area contributed by atoms with E-state index in [9.17, 15) is 9.90 Å². The molecule has 0 radical (unpaired) electrons. The highest BCUT2D eigenvalue weighted by molar-refractivity contribution is 5.75. The molecule has 0 spiro atoms. The summed E-state index contributed by atoms with van der Waals surface area (Å²) in [6, 6.07) is 0.162. The molecule has 0 saturated carbocycles. The van der Waals surface area contributed by atoms with Crippen molar-refractivity contribution in [2.75, 3.05) is 0 Å². The number of aliphatic hydroxyl groups excluding tert-OH is 1. The van der Waals surface area contributed by atoms with Gasteiger partial charge in [-0.2, -0.15) is 0 Å². The first-order valence-corrected chi connectivity index (χ1v) is 6.76. The Hall–Kier alpha value is -1.43. The van der Waals surface area contributed by atoms with E-state index in [4.69, 9.17) is 0 Å². The van der Waals surface area contributed by atoms with Crippen molar-refractivity contribution in [3.63, 3.8) is 0 Å². The maximum Gasteiger partial charge on any atom is 0.242 e. The molecule has 19 heavy (non-hydrogen) atoms. The van der Waals surface area contributed by atoms with E-state index in [1.54, 1.807) is 13.1 Å². The summed E-state index contributed by atoms with van der Waals surface area (Å²) in [6.45, 7) is 8.08. The van der Waals surface area contributed by atoms with E-state index in [0.717, 1.165) is 12.8 Å². The van der Waals surface area contributed by atoms with Crippen LogP contribution in [0, 0.1) is 5.92 Å². The van der Waals surface area contributed by atoms with Gasteiger partial charge in [0.05, 0.1) is 12.3 Å². The van der Waals surface area contributed by atoms with Gasteiger partial charge in [-0.15, -0.1) is 5.10 Å². The molecular weight excluding hydrogens is 244 g/mol. The van der Waals surface area contributed by atoms with Crippen molar-refractivity contribution >= 4 is 5.91 Å². The van der Waals surface area contributed by atoms with E-state index in [0.29, 0.717) is 11.6 Å². The van der Waals surface area contributed by atoms with Crippen LogP contribution in [0.5, 0.6) is 0 Å². The van der Waals surface area contributed by atoms with E-state index in [1.165, 1.54) is 4.68 Å². The normalized spacial score (nSPS) is 14.4. The minimum atomic E-state index is -0.665. The van der Waals surface area contributed by atoms with Crippen LogP contribution in [0.4, 0.5) is 0 Å². The van der Waals surface area contributed by atoms with Crippen molar-refractivity contribution in [1.82, 2.24) is 20.3 Å². The zero-order valence-electron chi connectivity index (χ0n) is 12.1. The number of hydrogen-bond acceptors (Lipinski definition) is 4. The summed E-state index contributed by atoms with van der Waals surface area (Å²) >= 11 is 0. The Morgan fingerprint density at radius 3 is 2.58 bits per heavy atom. The number of amides is 1. The van der Waals surface area contributed by atoms with Crippen molar-refractivity contribution in [2.24, 2.45) is 5.92 Å². The molecule has 2 unspecified atom stereocenters. The van der Waals surface area contributed by atoms with Gasteiger partial charge in [-0.3, -0.25) is 4.79 Å². The Bertz CT molecular complexity index is 401. The number of carbonyl (C=O) groups excluding carboxylic acids is 1. The van der Waals surface area contributed by atoms with Gasteiger partial charge in [0.2, 0.25) is 5.91 Å². The number of nitrogens with zero attached hydrogens (tertiary/aromatic N) is 3. The Balaban J connectivity index is 2.37. The molecule has 0 aliphatic heterocycles. The van der Waals surface area contributed by atoms with Gasteiger partial charge >= 0.3 is 0 Å². The van der Waals surface area contributed by atoms with Gasteiger partial charge in [0.15, 0.2) is 0 Å². The molecule has 0 aromatic carbocycles. The zero-order chi connectivity index (χ0) is 14.4. The first-order chi connectivity index (χ1) is 8.88. The third-order valence-electron chi connectivity index (χ3n) is 2.87. The second-order valence-corrected chi connectivity index (χ2v) is 5.46. The number of aromatic nitrogens is 3. The van der Waals surface area contributed by atoms with Crippen LogP contribution in [-0.4, -0.2) is 32.0 Å². The fraction of sp³-hybridized carbons (Fsp3) is 0.769. The third-order valence-corrected chi connectivity index (χ3v) is 2.87. The number of nitrogens with one attached hydrogen (secondary N) is 1. The van der Waals surface area contributed by atoms with Gasteiger partial charge in [0, 0.05) is 6.04 Å². The molecule has 1 amide bonds. The van der Waals surface area contributed by atoms with Crippen molar-refractivity contribution in [3.05, 3.63) is 11.9 Å². The molecule has 1 heterocycles. The molecule has 2 N–H and O–H groups in total. The molecule has 0 fully saturated rings. The third kappa shape index (κ3) is 5.83. The zero-order valence-corrected chi connectivity index (χ0v) is 12.1. The molecule has 1 aromatic rings. The van der Waals surface area contributed by atoms with Gasteiger partial charge < -0.3 is 10.4 Å². The smallest absolute Gasteiger partial charge is 0.242 e. The Labute approximate surface area is 114 Å². The number of carbonyl (C=O) groups is 1. The molecule has 1 aromatic heterocycles. The van der Waals surface area contributed by atoms with Crippen LogP contribution in [0.2, 0.25) is 0 Å². The summed E-state index contributed by atoms with van der Waals surface area (Å²) in [7, 11) is 0. The second-order valence-electron chi connectivity index (χ2n) is 5.46. The first kappa shape index (κ1) is 15.6. The maximum atomic E-state index is 11.8. The van der Waals surface area contributed by atoms with Gasteiger partial charge in [-0.25, -0.2) is 4.68 Å². The average molecular weight is 268 g/mol. The molecule has 6 heteroatoms. The van der Waals surface area contributed by atoms with Crippen LogP contribution < -0.4 is 5.32 Å². The summed E-state index contributed by atoms with van der Waals surface area (Å²) < 4.78 is 1.44. The molecule has 0 aliphatic carbocycles. The van der Waals surface area contributed by atoms with Crippen LogP contribution in [0.1, 0.15) is 52.3 Å². The minimum absolute atomic E-state index is 0.0849. The SMILES string of the molecule is CC(C)CCC(C)NC(=O)Cn1cc(C(C)O)nn1. The van der Waals surface area contributed by atoms with Gasteiger partial charge in [-0.1, -0.05) is 19.1 Å². The summed E-state index contributed by atoms with van der Waals surface area (Å²) in [5.74, 6) is 0.557. The number of hydrogen-bond donors (Lipinski definition) is 2. The summed E-state index contributed by atoms with van der Waals surface area (Å²) in [6.07, 6.45) is 2.99. The molecule has 0 bridgehead atoms. The molecule has 0 saturated heterocycles. The number of aliphatic hydroxyl groups is 1. The van der Waals surface area contributed by atoms with Crippen molar-refractivity contribution < 1.29 is 9.90 Å². The predicted octanol–water partition coefficient (Wildman–Crippen LogP) is 1.27. The fourth-order valence-electron chi connectivity index (χ4n) is 1.71. The lowest BCUT2D eigenvalue weighted by atomic mass is 10.0. The van der Waals surface area contributed by atoms with Crippen LogP contribution >= 0.6 is 0 Å². The van der Waals surface area contributed by atoms with E-state index in [2.05, 4.69) is 29.5 Å².